The molecule has 1 N–H and O–H groups in total. The molecule has 166 valence electrons. The Labute approximate surface area is 186 Å². The molecule has 0 atom stereocenters. The van der Waals surface area contributed by atoms with E-state index in [0.717, 1.165) is 5.56 Å². The number of rotatable bonds is 7. The topological polar surface area (TPSA) is 75.7 Å². The van der Waals surface area contributed by atoms with Crippen molar-refractivity contribution in [1.82, 2.24) is 10.2 Å². The molecule has 0 aliphatic rings. The molecular weight excluding hydrogens is 423 g/mol. The quantitative estimate of drug-likeness (QED) is 0.655. The number of nitrogens with zero attached hydrogens (tertiary/aromatic N) is 1. The van der Waals surface area contributed by atoms with E-state index in [9.17, 15) is 18.8 Å². The van der Waals surface area contributed by atoms with Gasteiger partial charge in [0.25, 0.3) is 11.8 Å². The van der Waals surface area contributed by atoms with Crippen molar-refractivity contribution >= 4 is 29.4 Å². The van der Waals surface area contributed by atoms with E-state index < -0.39 is 30.2 Å². The molecule has 6 nitrogen and oxygen atoms in total. The van der Waals surface area contributed by atoms with Gasteiger partial charge < -0.3 is 15.0 Å². The fourth-order valence-electron chi connectivity index (χ4n) is 2.69. The van der Waals surface area contributed by atoms with Crippen molar-refractivity contribution in [3.05, 3.63) is 70.0 Å². The molecule has 0 aliphatic heterocycles. The minimum Gasteiger partial charge on any atom is -0.454 e. The number of hydrogen-bond acceptors (Lipinski definition) is 4. The van der Waals surface area contributed by atoms with Gasteiger partial charge in [0.1, 0.15) is 12.4 Å². The van der Waals surface area contributed by atoms with Gasteiger partial charge in [-0.15, -0.1) is 0 Å². The van der Waals surface area contributed by atoms with E-state index in [1.165, 1.54) is 30.1 Å². The standard InChI is InChI=1S/C23H26ClFN2O4/c1-23(2,3)16-10-8-15(9-11-16)22(30)26-12-21(29)31-14-20(28)27(4)13-17-18(24)6-5-7-19(17)25/h5-11H,12-14H2,1-4H3,(H,26,30). The van der Waals surface area contributed by atoms with Crippen molar-refractivity contribution in [2.24, 2.45) is 0 Å². The summed E-state index contributed by atoms with van der Waals surface area (Å²) in [6.07, 6.45) is 0. The van der Waals surface area contributed by atoms with Gasteiger partial charge in [-0.1, -0.05) is 50.6 Å². The molecule has 2 aromatic carbocycles. The Morgan fingerprint density at radius 3 is 2.32 bits per heavy atom. The first-order chi connectivity index (χ1) is 14.5. The summed E-state index contributed by atoms with van der Waals surface area (Å²) in [5, 5.41) is 2.66. The Morgan fingerprint density at radius 2 is 1.74 bits per heavy atom. The summed E-state index contributed by atoms with van der Waals surface area (Å²) in [6, 6.07) is 11.4. The lowest BCUT2D eigenvalue weighted by Gasteiger charge is -2.19. The Hall–Kier alpha value is -2.93. The van der Waals surface area contributed by atoms with Crippen molar-refractivity contribution in [3.63, 3.8) is 0 Å². The third kappa shape index (κ3) is 7.07. The smallest absolute Gasteiger partial charge is 0.325 e. The van der Waals surface area contributed by atoms with Crippen LogP contribution in [0.2, 0.25) is 5.02 Å². The van der Waals surface area contributed by atoms with E-state index in [1.54, 1.807) is 12.1 Å². The highest BCUT2D eigenvalue weighted by Gasteiger charge is 2.17. The van der Waals surface area contributed by atoms with E-state index in [2.05, 4.69) is 26.1 Å². The molecule has 0 fully saturated rings. The van der Waals surface area contributed by atoms with Crippen LogP contribution in [0, 0.1) is 5.82 Å². The van der Waals surface area contributed by atoms with Crippen LogP contribution in [0.4, 0.5) is 4.39 Å². The summed E-state index contributed by atoms with van der Waals surface area (Å²) in [5.74, 6) is -2.24. The zero-order valence-electron chi connectivity index (χ0n) is 18.0. The minimum atomic E-state index is -0.759. The molecule has 0 saturated carbocycles. The lowest BCUT2D eigenvalue weighted by atomic mass is 9.87. The molecular formula is C23H26ClFN2O4. The Kier molecular flexibility index (Phi) is 8.16. The maximum atomic E-state index is 13.8. The van der Waals surface area contributed by atoms with E-state index >= 15 is 0 Å². The molecule has 0 heterocycles. The number of halogens is 2. The average molecular weight is 449 g/mol. The number of nitrogens with one attached hydrogen (secondary N) is 1. The molecule has 0 aliphatic carbocycles. The largest absolute Gasteiger partial charge is 0.454 e. The second-order valence-corrected chi connectivity index (χ2v) is 8.53. The highest BCUT2D eigenvalue weighted by molar-refractivity contribution is 6.31. The Bertz CT molecular complexity index is 935. The molecule has 0 saturated heterocycles. The molecule has 8 heteroatoms. The number of carbonyl (C=O) groups is 3. The summed E-state index contributed by atoms with van der Waals surface area (Å²) < 4.78 is 18.7. The van der Waals surface area contributed by atoms with Crippen LogP contribution in [0.15, 0.2) is 42.5 Å². The summed E-state index contributed by atoms with van der Waals surface area (Å²) in [4.78, 5) is 37.4. The third-order valence-corrected chi connectivity index (χ3v) is 5.00. The molecule has 31 heavy (non-hydrogen) atoms. The predicted octanol–water partition coefficient (Wildman–Crippen LogP) is 3.71. The maximum absolute atomic E-state index is 13.8. The second kappa shape index (κ2) is 10.4. The Balaban J connectivity index is 1.79. The zero-order valence-corrected chi connectivity index (χ0v) is 18.8. The first kappa shape index (κ1) is 24.3. The Morgan fingerprint density at radius 1 is 1.10 bits per heavy atom. The van der Waals surface area contributed by atoms with Crippen LogP contribution >= 0.6 is 11.6 Å². The van der Waals surface area contributed by atoms with Crippen molar-refractivity contribution < 1.29 is 23.5 Å². The van der Waals surface area contributed by atoms with Crippen LogP contribution in [0.5, 0.6) is 0 Å². The van der Waals surface area contributed by atoms with Crippen molar-refractivity contribution in [3.8, 4) is 0 Å². The number of likely N-dealkylation sites (N-methyl/N-ethyl adjacent to an activating group) is 1. The number of hydrogen-bond donors (Lipinski definition) is 1. The SMILES string of the molecule is CN(Cc1c(F)cccc1Cl)C(=O)COC(=O)CNC(=O)c1ccc(C(C)(C)C)cc1. The number of esters is 1. The number of carbonyl (C=O) groups excluding carboxylic acids is 3. The van der Waals surface area contributed by atoms with Gasteiger partial charge >= 0.3 is 5.97 Å². The van der Waals surface area contributed by atoms with Gasteiger partial charge in [0, 0.05) is 29.7 Å². The number of amides is 2. The molecule has 0 aromatic heterocycles. The van der Waals surface area contributed by atoms with Gasteiger partial charge in [-0.25, -0.2) is 4.39 Å². The zero-order chi connectivity index (χ0) is 23.2. The van der Waals surface area contributed by atoms with Gasteiger partial charge in [-0.3, -0.25) is 14.4 Å². The van der Waals surface area contributed by atoms with Crippen LogP contribution in [0.3, 0.4) is 0 Å². The summed E-state index contributed by atoms with van der Waals surface area (Å²) in [5.41, 5.74) is 1.65. The summed E-state index contributed by atoms with van der Waals surface area (Å²) >= 11 is 5.95. The molecule has 0 bridgehead atoms. The molecule has 2 aromatic rings. The predicted molar refractivity (Wildman–Crippen MR) is 116 cm³/mol. The first-order valence-corrected chi connectivity index (χ1v) is 10.1. The van der Waals surface area contributed by atoms with Gasteiger partial charge in [-0.2, -0.15) is 0 Å². The fraction of sp³-hybridized carbons (Fsp3) is 0.348. The lowest BCUT2D eigenvalue weighted by molar-refractivity contribution is -0.150. The van der Waals surface area contributed by atoms with Crippen molar-refractivity contribution in [2.45, 2.75) is 32.7 Å². The molecule has 0 spiro atoms. The van der Waals surface area contributed by atoms with Crippen LogP contribution in [0.25, 0.3) is 0 Å². The van der Waals surface area contributed by atoms with E-state index in [-0.39, 0.29) is 29.1 Å². The first-order valence-electron chi connectivity index (χ1n) is 9.70. The van der Waals surface area contributed by atoms with E-state index in [4.69, 9.17) is 16.3 Å². The monoisotopic (exact) mass is 448 g/mol. The van der Waals surface area contributed by atoms with Gasteiger partial charge in [0.15, 0.2) is 6.61 Å². The highest BCUT2D eigenvalue weighted by Crippen LogP contribution is 2.22. The van der Waals surface area contributed by atoms with Crippen molar-refractivity contribution in [1.29, 1.82) is 0 Å². The fourth-order valence-corrected chi connectivity index (χ4v) is 2.91. The van der Waals surface area contributed by atoms with Crippen molar-refractivity contribution in [2.75, 3.05) is 20.2 Å². The van der Waals surface area contributed by atoms with Crippen LogP contribution < -0.4 is 5.32 Å². The van der Waals surface area contributed by atoms with Gasteiger partial charge in [-0.05, 0) is 35.2 Å². The second-order valence-electron chi connectivity index (χ2n) is 8.12. The lowest BCUT2D eigenvalue weighted by Crippen LogP contribution is -2.34. The summed E-state index contributed by atoms with van der Waals surface area (Å²) in [7, 11) is 1.45. The average Bonchev–Trinajstić information content (AvgIpc) is 2.72. The number of benzene rings is 2. The summed E-state index contributed by atoms with van der Waals surface area (Å²) in [6.45, 7) is 5.24. The maximum Gasteiger partial charge on any atom is 0.325 e. The normalized spacial score (nSPS) is 11.0. The molecule has 0 radical (unpaired) electrons. The molecule has 2 rings (SSSR count). The van der Waals surface area contributed by atoms with Gasteiger partial charge in [0.2, 0.25) is 0 Å². The van der Waals surface area contributed by atoms with Crippen LogP contribution in [-0.4, -0.2) is 42.9 Å². The van der Waals surface area contributed by atoms with E-state index in [0.29, 0.717) is 5.56 Å². The third-order valence-electron chi connectivity index (χ3n) is 4.65. The van der Waals surface area contributed by atoms with Crippen LogP contribution in [0.1, 0.15) is 42.3 Å². The van der Waals surface area contributed by atoms with E-state index in [1.807, 2.05) is 12.1 Å². The minimum absolute atomic E-state index is 0.0316. The van der Waals surface area contributed by atoms with Gasteiger partial charge in [0.05, 0.1) is 0 Å². The molecule has 0 unspecified atom stereocenters. The van der Waals surface area contributed by atoms with Crippen LogP contribution in [-0.2, 0) is 26.3 Å². The molecule has 2 amide bonds. The number of ether oxygens (including phenoxy) is 1. The highest BCUT2D eigenvalue weighted by atomic mass is 35.5.